The van der Waals surface area contributed by atoms with Crippen LogP contribution in [0, 0.1) is 0 Å². The molecule has 0 radical (unpaired) electrons. The van der Waals surface area contributed by atoms with Crippen LogP contribution in [0.2, 0.25) is 0 Å². The van der Waals surface area contributed by atoms with Crippen LogP contribution in [-0.2, 0) is 0 Å². The van der Waals surface area contributed by atoms with Gasteiger partial charge in [-0.25, -0.2) is 4.79 Å². The Hall–Kier alpha value is -3.39. The van der Waals surface area contributed by atoms with Gasteiger partial charge in [0.15, 0.2) is 23.0 Å². The average molecular weight is 411 g/mol. The van der Waals surface area contributed by atoms with Crippen molar-refractivity contribution in [2.24, 2.45) is 0 Å². The lowest BCUT2D eigenvalue weighted by Gasteiger charge is -2.27. The van der Waals surface area contributed by atoms with Gasteiger partial charge in [0.05, 0.1) is 6.61 Å². The third kappa shape index (κ3) is 3.99. The summed E-state index contributed by atoms with van der Waals surface area (Å²) in [5.74, 6) is 3.38. The smallest absolute Gasteiger partial charge is 0.336 e. The van der Waals surface area contributed by atoms with Crippen LogP contribution in [0.4, 0.5) is 0 Å². The molecule has 0 fully saturated rings. The van der Waals surface area contributed by atoms with E-state index in [1.54, 1.807) is 18.2 Å². The van der Waals surface area contributed by atoms with Crippen molar-refractivity contribution >= 4 is 11.0 Å². The van der Waals surface area contributed by atoms with Crippen molar-refractivity contribution in [1.29, 1.82) is 0 Å². The van der Waals surface area contributed by atoms with E-state index >= 15 is 0 Å². The van der Waals surface area contributed by atoms with Gasteiger partial charge in [0, 0.05) is 36.2 Å². The SMILES string of the molecule is O=c1ccc2ccc(OCCCNC[C@H]3COc4cc5c(cc4O3)OCO5)cc2o1. The van der Waals surface area contributed by atoms with E-state index < -0.39 is 0 Å². The first-order valence-electron chi connectivity index (χ1n) is 9.85. The largest absolute Gasteiger partial charge is 0.493 e. The lowest BCUT2D eigenvalue weighted by Crippen LogP contribution is -2.39. The summed E-state index contributed by atoms with van der Waals surface area (Å²) >= 11 is 0. The number of hydrogen-bond acceptors (Lipinski definition) is 8. The molecule has 1 aromatic heterocycles. The van der Waals surface area contributed by atoms with Gasteiger partial charge in [-0.2, -0.15) is 0 Å². The van der Waals surface area contributed by atoms with Gasteiger partial charge in [-0.3, -0.25) is 0 Å². The molecule has 3 aromatic rings. The summed E-state index contributed by atoms with van der Waals surface area (Å²) in [5.41, 5.74) is 0.154. The predicted molar refractivity (Wildman–Crippen MR) is 108 cm³/mol. The maximum atomic E-state index is 11.3. The van der Waals surface area contributed by atoms with E-state index in [9.17, 15) is 4.79 Å². The van der Waals surface area contributed by atoms with E-state index in [2.05, 4.69) is 5.32 Å². The molecule has 8 nitrogen and oxygen atoms in total. The Kier molecular flexibility index (Phi) is 5.06. The zero-order valence-corrected chi connectivity index (χ0v) is 16.2. The number of nitrogens with one attached hydrogen (secondary N) is 1. The van der Waals surface area contributed by atoms with Crippen LogP contribution in [0.1, 0.15) is 6.42 Å². The monoisotopic (exact) mass is 411 g/mol. The van der Waals surface area contributed by atoms with E-state index in [1.165, 1.54) is 6.07 Å². The molecule has 2 aliphatic heterocycles. The van der Waals surface area contributed by atoms with Gasteiger partial charge in [0.1, 0.15) is 24.0 Å². The summed E-state index contributed by atoms with van der Waals surface area (Å²) in [6.07, 6.45) is 0.738. The van der Waals surface area contributed by atoms with Crippen LogP contribution in [-0.4, -0.2) is 39.2 Å². The van der Waals surface area contributed by atoms with Crippen molar-refractivity contribution in [2.45, 2.75) is 12.5 Å². The molecule has 156 valence electrons. The molecule has 5 rings (SSSR count). The minimum atomic E-state index is -0.370. The summed E-state index contributed by atoms with van der Waals surface area (Å²) in [5, 5.41) is 4.23. The maximum absolute atomic E-state index is 11.3. The Labute approximate surface area is 172 Å². The molecule has 8 heteroatoms. The maximum Gasteiger partial charge on any atom is 0.336 e. The number of benzene rings is 2. The highest BCUT2D eigenvalue weighted by molar-refractivity contribution is 5.77. The number of ether oxygens (including phenoxy) is 5. The zero-order valence-electron chi connectivity index (χ0n) is 16.2. The highest BCUT2D eigenvalue weighted by Crippen LogP contribution is 2.43. The standard InChI is InChI=1S/C22H21NO7/c24-22-5-3-14-2-4-15(8-17(14)30-22)25-7-1-6-23-11-16-12-26-20-9-18-19(28-13-27-18)10-21(20)29-16/h2-5,8-10,16,23H,1,6-7,11-13H2/t16-/m0/s1. The molecule has 1 N–H and O–H groups in total. The number of fused-ring (bicyclic) bond motifs is 3. The molecular formula is C22H21NO7. The summed E-state index contributed by atoms with van der Waals surface area (Å²) in [6, 6.07) is 12.2. The Balaban J connectivity index is 1.05. The van der Waals surface area contributed by atoms with E-state index in [0.717, 1.165) is 18.4 Å². The quantitative estimate of drug-likeness (QED) is 0.469. The van der Waals surface area contributed by atoms with Gasteiger partial charge < -0.3 is 33.4 Å². The molecule has 0 unspecified atom stereocenters. The third-order valence-electron chi connectivity index (χ3n) is 4.89. The molecule has 3 heterocycles. The lowest BCUT2D eigenvalue weighted by molar-refractivity contribution is 0.0899. The van der Waals surface area contributed by atoms with Gasteiger partial charge in [0.2, 0.25) is 6.79 Å². The molecule has 1 atom stereocenters. The Bertz CT molecular complexity index is 1110. The Morgan fingerprint density at radius 3 is 2.67 bits per heavy atom. The van der Waals surface area contributed by atoms with Crippen LogP contribution < -0.4 is 34.6 Å². The van der Waals surface area contributed by atoms with Gasteiger partial charge >= 0.3 is 5.63 Å². The highest BCUT2D eigenvalue weighted by atomic mass is 16.7. The molecule has 0 amide bonds. The van der Waals surface area contributed by atoms with Crippen LogP contribution in [0.3, 0.4) is 0 Å². The van der Waals surface area contributed by atoms with Crippen molar-refractivity contribution in [3.8, 4) is 28.7 Å². The first-order chi connectivity index (χ1) is 14.7. The molecule has 0 aliphatic carbocycles. The molecular weight excluding hydrogens is 390 g/mol. The van der Waals surface area contributed by atoms with Crippen molar-refractivity contribution in [2.75, 3.05) is 33.1 Å². The Morgan fingerprint density at radius 1 is 0.967 bits per heavy atom. The molecule has 0 bridgehead atoms. The van der Waals surface area contributed by atoms with Crippen LogP contribution in [0.25, 0.3) is 11.0 Å². The summed E-state index contributed by atoms with van der Waals surface area (Å²) in [7, 11) is 0. The van der Waals surface area contributed by atoms with Crippen LogP contribution >= 0.6 is 0 Å². The first-order valence-corrected chi connectivity index (χ1v) is 9.85. The molecule has 2 aromatic carbocycles. The van der Waals surface area contributed by atoms with Crippen molar-refractivity contribution < 1.29 is 28.1 Å². The average Bonchev–Trinajstić information content (AvgIpc) is 3.21. The van der Waals surface area contributed by atoms with E-state index in [1.807, 2.05) is 18.2 Å². The summed E-state index contributed by atoms with van der Waals surface area (Å²) in [6.45, 7) is 2.67. The molecule has 2 aliphatic rings. The molecule has 0 saturated carbocycles. The number of rotatable bonds is 7. The second-order valence-corrected chi connectivity index (χ2v) is 7.06. The highest BCUT2D eigenvalue weighted by Gasteiger charge is 2.25. The second-order valence-electron chi connectivity index (χ2n) is 7.06. The van der Waals surface area contributed by atoms with E-state index in [4.69, 9.17) is 28.1 Å². The topological polar surface area (TPSA) is 88.4 Å². The van der Waals surface area contributed by atoms with E-state index in [0.29, 0.717) is 54.1 Å². The van der Waals surface area contributed by atoms with E-state index in [-0.39, 0.29) is 18.5 Å². The molecule has 0 spiro atoms. The van der Waals surface area contributed by atoms with Crippen LogP contribution in [0.5, 0.6) is 28.7 Å². The fourth-order valence-electron chi connectivity index (χ4n) is 3.39. The Morgan fingerprint density at radius 2 is 1.77 bits per heavy atom. The predicted octanol–water partition coefficient (Wildman–Crippen LogP) is 2.72. The first kappa shape index (κ1) is 18.6. The second kappa shape index (κ2) is 8.16. The van der Waals surface area contributed by atoms with Gasteiger partial charge in [-0.05, 0) is 31.2 Å². The summed E-state index contributed by atoms with van der Waals surface area (Å²) in [4.78, 5) is 11.3. The minimum Gasteiger partial charge on any atom is -0.493 e. The van der Waals surface area contributed by atoms with Crippen molar-refractivity contribution in [1.82, 2.24) is 5.32 Å². The number of hydrogen-bond donors (Lipinski definition) is 1. The normalized spacial score (nSPS) is 16.6. The third-order valence-corrected chi connectivity index (χ3v) is 4.89. The fraction of sp³-hybridized carbons (Fsp3) is 0.318. The van der Waals surface area contributed by atoms with Gasteiger partial charge in [0.25, 0.3) is 0 Å². The molecule has 0 saturated heterocycles. The van der Waals surface area contributed by atoms with Gasteiger partial charge in [-0.1, -0.05) is 0 Å². The van der Waals surface area contributed by atoms with Crippen molar-refractivity contribution in [3.63, 3.8) is 0 Å². The van der Waals surface area contributed by atoms with Crippen LogP contribution in [0.15, 0.2) is 51.7 Å². The fourth-order valence-corrected chi connectivity index (χ4v) is 3.39. The lowest BCUT2D eigenvalue weighted by atomic mass is 10.2. The minimum absolute atomic E-state index is 0.0813. The summed E-state index contributed by atoms with van der Waals surface area (Å²) < 4.78 is 33.4. The molecule has 30 heavy (non-hydrogen) atoms. The van der Waals surface area contributed by atoms with Crippen molar-refractivity contribution in [3.05, 3.63) is 52.9 Å². The zero-order chi connectivity index (χ0) is 20.3. The van der Waals surface area contributed by atoms with Gasteiger partial charge in [-0.15, -0.1) is 0 Å².